The molecule has 130 valence electrons. The van der Waals surface area contributed by atoms with E-state index in [1.54, 1.807) is 0 Å². The van der Waals surface area contributed by atoms with E-state index in [9.17, 15) is 5.11 Å². The lowest BCUT2D eigenvalue weighted by molar-refractivity contribution is -0.210. The van der Waals surface area contributed by atoms with Crippen LogP contribution in [0.3, 0.4) is 0 Å². The van der Waals surface area contributed by atoms with Gasteiger partial charge in [0.15, 0.2) is 0 Å². The molecule has 2 atom stereocenters. The van der Waals surface area contributed by atoms with Crippen molar-refractivity contribution in [2.75, 3.05) is 19.7 Å². The summed E-state index contributed by atoms with van der Waals surface area (Å²) in [4.78, 5) is 6.98. The summed E-state index contributed by atoms with van der Waals surface area (Å²) in [5.41, 5.74) is 3.49. The van der Waals surface area contributed by atoms with Crippen molar-refractivity contribution in [3.8, 4) is 0 Å². The molecule has 0 bridgehead atoms. The standard InChI is InChI=1S/C19H27N3O2/c1-3-24-17-10-16(23)19(17)6-8-21(9-7-19)13-15-11-20-18-5-4-14(2)12-22(15)18/h4-5,11-12,16-17,23H,3,6-10,13H2,1-2H3. The SMILES string of the molecule is CCOC1CC(O)C12CCN(Cc1cnc3ccc(C)cn13)CC2. The minimum atomic E-state index is -0.186. The summed E-state index contributed by atoms with van der Waals surface area (Å²) in [6.45, 7) is 7.83. The average Bonchev–Trinajstić information content (AvgIpc) is 2.97. The van der Waals surface area contributed by atoms with Crippen LogP contribution in [0.4, 0.5) is 0 Å². The van der Waals surface area contributed by atoms with Crippen LogP contribution >= 0.6 is 0 Å². The average molecular weight is 329 g/mol. The molecule has 0 aromatic carbocycles. The Morgan fingerprint density at radius 3 is 2.83 bits per heavy atom. The number of hydrogen-bond donors (Lipinski definition) is 1. The van der Waals surface area contributed by atoms with Crippen LogP contribution in [0.5, 0.6) is 0 Å². The molecular weight excluding hydrogens is 302 g/mol. The van der Waals surface area contributed by atoms with E-state index in [2.05, 4.69) is 39.5 Å². The summed E-state index contributed by atoms with van der Waals surface area (Å²) in [6, 6.07) is 4.17. The molecule has 2 unspecified atom stereocenters. The van der Waals surface area contributed by atoms with Gasteiger partial charge in [-0.3, -0.25) is 4.90 Å². The number of aliphatic hydroxyl groups is 1. The number of ether oxygens (including phenoxy) is 1. The zero-order chi connectivity index (χ0) is 16.7. The molecule has 5 nitrogen and oxygen atoms in total. The van der Waals surface area contributed by atoms with Gasteiger partial charge in [0.1, 0.15) is 5.65 Å². The summed E-state index contributed by atoms with van der Waals surface area (Å²) in [5, 5.41) is 10.3. The van der Waals surface area contributed by atoms with Crippen LogP contribution in [0.1, 0.15) is 37.4 Å². The van der Waals surface area contributed by atoms with Crippen molar-refractivity contribution >= 4 is 5.65 Å². The summed E-state index contributed by atoms with van der Waals surface area (Å²) in [6.07, 6.45) is 7.06. The van der Waals surface area contributed by atoms with E-state index >= 15 is 0 Å². The molecule has 1 aliphatic carbocycles. The van der Waals surface area contributed by atoms with Gasteiger partial charge in [0.2, 0.25) is 0 Å². The minimum Gasteiger partial charge on any atom is -0.392 e. The second kappa shape index (κ2) is 6.14. The molecule has 2 fully saturated rings. The van der Waals surface area contributed by atoms with Gasteiger partial charge in [0, 0.05) is 31.2 Å². The Labute approximate surface area is 143 Å². The van der Waals surface area contributed by atoms with Gasteiger partial charge in [-0.15, -0.1) is 0 Å². The summed E-state index contributed by atoms with van der Waals surface area (Å²) < 4.78 is 8.06. The van der Waals surface area contributed by atoms with Crippen LogP contribution in [0.25, 0.3) is 5.65 Å². The Balaban J connectivity index is 1.43. The number of fused-ring (bicyclic) bond motifs is 1. The first-order valence-corrected chi connectivity index (χ1v) is 9.07. The van der Waals surface area contributed by atoms with Crippen molar-refractivity contribution in [3.63, 3.8) is 0 Å². The lowest BCUT2D eigenvalue weighted by Gasteiger charge is -2.56. The number of piperidine rings is 1. The minimum absolute atomic E-state index is 0.00256. The molecule has 1 N–H and O–H groups in total. The largest absolute Gasteiger partial charge is 0.392 e. The highest BCUT2D eigenvalue weighted by Gasteiger charge is 2.55. The fourth-order valence-corrected chi connectivity index (χ4v) is 4.43. The predicted molar refractivity (Wildman–Crippen MR) is 92.9 cm³/mol. The molecule has 1 saturated heterocycles. The van der Waals surface area contributed by atoms with Gasteiger partial charge in [-0.2, -0.15) is 0 Å². The maximum absolute atomic E-state index is 10.3. The lowest BCUT2D eigenvalue weighted by atomic mass is 9.58. The number of hydrogen-bond acceptors (Lipinski definition) is 4. The summed E-state index contributed by atoms with van der Waals surface area (Å²) in [7, 11) is 0. The highest BCUT2D eigenvalue weighted by Crippen LogP contribution is 2.51. The van der Waals surface area contributed by atoms with Gasteiger partial charge in [-0.1, -0.05) is 6.07 Å². The highest BCUT2D eigenvalue weighted by atomic mass is 16.5. The number of nitrogens with zero attached hydrogens (tertiary/aromatic N) is 3. The molecule has 5 heteroatoms. The Kier molecular flexibility index (Phi) is 4.11. The summed E-state index contributed by atoms with van der Waals surface area (Å²) >= 11 is 0. The predicted octanol–water partition coefficient (Wildman–Crippen LogP) is 2.39. The van der Waals surface area contributed by atoms with Crippen LogP contribution in [0.15, 0.2) is 24.5 Å². The second-order valence-corrected chi connectivity index (χ2v) is 7.39. The third kappa shape index (κ3) is 2.55. The van der Waals surface area contributed by atoms with Gasteiger partial charge in [0.05, 0.1) is 24.1 Å². The van der Waals surface area contributed by atoms with Gasteiger partial charge in [0.25, 0.3) is 0 Å². The molecule has 2 aromatic rings. The van der Waals surface area contributed by atoms with Crippen LogP contribution in [-0.2, 0) is 11.3 Å². The molecule has 1 aliphatic heterocycles. The smallest absolute Gasteiger partial charge is 0.136 e. The monoisotopic (exact) mass is 329 g/mol. The fraction of sp³-hybridized carbons (Fsp3) is 0.632. The van der Waals surface area contributed by atoms with Gasteiger partial charge in [-0.05, 0) is 51.4 Å². The quantitative estimate of drug-likeness (QED) is 0.936. The van der Waals surface area contributed by atoms with Crippen LogP contribution in [-0.4, -0.2) is 51.3 Å². The van der Waals surface area contributed by atoms with E-state index in [1.165, 1.54) is 11.3 Å². The normalized spacial score (nSPS) is 26.8. The molecule has 2 aromatic heterocycles. The number of rotatable bonds is 4. The first kappa shape index (κ1) is 16.1. The number of pyridine rings is 1. The van der Waals surface area contributed by atoms with E-state index in [0.717, 1.165) is 51.2 Å². The summed E-state index contributed by atoms with van der Waals surface area (Å²) in [5.74, 6) is 0. The molecule has 4 rings (SSSR count). The van der Waals surface area contributed by atoms with Crippen molar-refractivity contribution in [3.05, 3.63) is 35.8 Å². The zero-order valence-corrected chi connectivity index (χ0v) is 14.6. The Hall–Kier alpha value is -1.43. The van der Waals surface area contributed by atoms with E-state index in [1.807, 2.05) is 13.1 Å². The van der Waals surface area contributed by atoms with E-state index in [0.29, 0.717) is 0 Å². The van der Waals surface area contributed by atoms with Crippen molar-refractivity contribution < 1.29 is 9.84 Å². The maximum Gasteiger partial charge on any atom is 0.136 e. The van der Waals surface area contributed by atoms with Gasteiger partial charge in [-0.25, -0.2) is 4.98 Å². The number of likely N-dealkylation sites (tertiary alicyclic amines) is 1. The lowest BCUT2D eigenvalue weighted by Crippen LogP contribution is -2.62. The first-order chi connectivity index (χ1) is 11.6. The van der Waals surface area contributed by atoms with E-state index < -0.39 is 0 Å². The van der Waals surface area contributed by atoms with Crippen LogP contribution < -0.4 is 0 Å². The number of aryl methyl sites for hydroxylation is 1. The number of aliphatic hydroxyl groups excluding tert-OH is 1. The van der Waals surface area contributed by atoms with Crippen molar-refractivity contribution in [2.24, 2.45) is 5.41 Å². The van der Waals surface area contributed by atoms with E-state index in [4.69, 9.17) is 4.74 Å². The van der Waals surface area contributed by atoms with Gasteiger partial charge >= 0.3 is 0 Å². The highest BCUT2D eigenvalue weighted by molar-refractivity contribution is 5.41. The third-order valence-electron chi connectivity index (χ3n) is 6.01. The molecule has 0 amide bonds. The molecule has 24 heavy (non-hydrogen) atoms. The maximum atomic E-state index is 10.3. The molecule has 0 radical (unpaired) electrons. The Morgan fingerprint density at radius 1 is 1.33 bits per heavy atom. The Morgan fingerprint density at radius 2 is 2.12 bits per heavy atom. The number of imidazole rings is 1. The third-order valence-corrected chi connectivity index (χ3v) is 6.01. The number of aromatic nitrogens is 2. The Bertz CT molecular complexity index is 716. The topological polar surface area (TPSA) is 50.0 Å². The molecule has 1 saturated carbocycles. The molecule has 3 heterocycles. The van der Waals surface area contributed by atoms with Crippen LogP contribution in [0.2, 0.25) is 0 Å². The second-order valence-electron chi connectivity index (χ2n) is 7.39. The molecule has 2 aliphatic rings. The molecule has 1 spiro atoms. The van der Waals surface area contributed by atoms with Gasteiger partial charge < -0.3 is 14.2 Å². The fourth-order valence-electron chi connectivity index (χ4n) is 4.43. The van der Waals surface area contributed by atoms with Crippen molar-refractivity contribution in [1.29, 1.82) is 0 Å². The van der Waals surface area contributed by atoms with Crippen molar-refractivity contribution in [1.82, 2.24) is 14.3 Å². The molecular formula is C19H27N3O2. The zero-order valence-electron chi connectivity index (χ0n) is 14.6. The van der Waals surface area contributed by atoms with Crippen LogP contribution in [0, 0.1) is 12.3 Å². The first-order valence-electron chi connectivity index (χ1n) is 9.07. The van der Waals surface area contributed by atoms with Crippen molar-refractivity contribution in [2.45, 2.75) is 51.9 Å². The van der Waals surface area contributed by atoms with E-state index in [-0.39, 0.29) is 17.6 Å².